The Morgan fingerprint density at radius 2 is 1.82 bits per heavy atom. The van der Waals surface area contributed by atoms with Gasteiger partial charge in [0.15, 0.2) is 6.20 Å². The number of carbonyl (C=O) groups excluding carboxylic acids is 2. The Hall–Kier alpha value is -4.06. The summed E-state index contributed by atoms with van der Waals surface area (Å²) in [6.07, 6.45) is -3.87. The lowest BCUT2D eigenvalue weighted by Crippen LogP contribution is -2.37. The molecule has 0 saturated carbocycles. The zero-order chi connectivity index (χ0) is 27.5. The Labute approximate surface area is 198 Å². The molecule has 1 heterocycles. The Bertz CT molecular complexity index is 1360. The van der Waals surface area contributed by atoms with Crippen molar-refractivity contribution in [3.05, 3.63) is 82.0 Å². The Morgan fingerprint density at radius 3 is 2.50 bits per heavy atom. The summed E-state index contributed by atoms with van der Waals surface area (Å²) in [7, 11) is 0. The van der Waals surface area contributed by atoms with Crippen LogP contribution >= 0.6 is 11.6 Å². The molecule has 0 aliphatic heterocycles. The highest BCUT2D eigenvalue weighted by Gasteiger charge is 2.33. The molecule has 0 fully saturated rings. The number of nitrogens with one attached hydrogen (secondary N) is 3. The molecule has 3 aromatic rings. The van der Waals surface area contributed by atoms with Crippen molar-refractivity contribution >= 4 is 34.9 Å². The monoisotopic (exact) mass is 502 g/mol. The van der Waals surface area contributed by atoms with Gasteiger partial charge in [-0.25, -0.2) is 9.18 Å². The predicted molar refractivity (Wildman–Crippen MR) is 114 cm³/mol. The molecule has 8 nitrogen and oxygen atoms in total. The first-order valence-electron chi connectivity index (χ1n) is 10.6. The molecule has 0 radical (unpaired) electrons. The van der Waals surface area contributed by atoms with Gasteiger partial charge < -0.3 is 25.9 Å². The van der Waals surface area contributed by atoms with Crippen molar-refractivity contribution in [2.45, 2.75) is 6.18 Å². The average molecular weight is 503 g/mol. The molecule has 0 atom stereocenters. The molecular weight excluding hydrogens is 485 g/mol. The quantitative estimate of drug-likeness (QED) is 0.199. The van der Waals surface area contributed by atoms with Crippen LogP contribution in [0.1, 0.15) is 20.2 Å². The number of benzene rings is 2. The maximum absolute atomic E-state index is 14.5. The molecule has 3 amide bonds. The fourth-order valence-corrected chi connectivity index (χ4v) is 2.89. The van der Waals surface area contributed by atoms with E-state index >= 15 is 0 Å². The highest BCUT2D eigenvalue weighted by atomic mass is 35.5. The first-order valence-corrected chi connectivity index (χ1v) is 9.48. The Kier molecular flexibility index (Phi) is 5.94. The van der Waals surface area contributed by atoms with Crippen molar-refractivity contribution in [1.82, 2.24) is 5.32 Å². The van der Waals surface area contributed by atoms with Crippen LogP contribution in [-0.4, -0.2) is 18.9 Å². The molecule has 0 bridgehead atoms. The number of pyridine rings is 1. The number of anilines is 2. The first-order chi connectivity index (χ1) is 17.1. The Morgan fingerprint density at radius 1 is 1.09 bits per heavy atom. The second-order valence-corrected chi connectivity index (χ2v) is 6.95. The van der Waals surface area contributed by atoms with Gasteiger partial charge in [0.25, 0.3) is 5.69 Å². The molecule has 0 saturated heterocycles. The van der Waals surface area contributed by atoms with E-state index in [1.165, 1.54) is 6.07 Å². The summed E-state index contributed by atoms with van der Waals surface area (Å²) in [5.41, 5.74) is -2.35. The molecule has 0 spiro atoms. The van der Waals surface area contributed by atoms with E-state index in [0.717, 1.165) is 42.6 Å². The van der Waals surface area contributed by atoms with E-state index in [9.17, 15) is 32.4 Å². The van der Waals surface area contributed by atoms with E-state index in [1.54, 1.807) is 5.32 Å². The number of aromatic nitrogens is 1. The zero-order valence-corrected chi connectivity index (χ0v) is 17.4. The smallest absolute Gasteiger partial charge is 0.417 e. The van der Waals surface area contributed by atoms with Crippen LogP contribution in [0, 0.1) is 11.0 Å². The van der Waals surface area contributed by atoms with Crippen LogP contribution in [0.15, 0.2) is 54.7 Å². The normalized spacial score (nSPS) is 12.7. The van der Waals surface area contributed by atoms with Crippen LogP contribution in [0.25, 0.3) is 0 Å². The van der Waals surface area contributed by atoms with Gasteiger partial charge in [-0.2, -0.15) is 17.9 Å². The summed E-state index contributed by atoms with van der Waals surface area (Å²) in [5.74, 6) is -2.42. The van der Waals surface area contributed by atoms with Crippen LogP contribution in [0.3, 0.4) is 0 Å². The second-order valence-electron chi connectivity index (χ2n) is 6.54. The summed E-state index contributed by atoms with van der Waals surface area (Å²) >= 11 is 5.53. The predicted octanol–water partition coefficient (Wildman–Crippen LogP) is 4.93. The summed E-state index contributed by atoms with van der Waals surface area (Å²) in [4.78, 5) is 24.1. The van der Waals surface area contributed by atoms with Crippen LogP contribution in [-0.2, 0) is 6.18 Å². The number of rotatable bonds is 5. The van der Waals surface area contributed by atoms with Gasteiger partial charge in [0.2, 0.25) is 0 Å². The minimum Gasteiger partial charge on any atom is -0.618 e. The number of hydrogen-bond acceptors (Lipinski definition) is 4. The molecule has 1 aromatic heterocycles. The van der Waals surface area contributed by atoms with Gasteiger partial charge in [-0.05, 0) is 30.3 Å². The van der Waals surface area contributed by atoms with Crippen molar-refractivity contribution in [2.75, 3.05) is 17.6 Å². The van der Waals surface area contributed by atoms with Crippen LogP contribution < -0.4 is 25.4 Å². The van der Waals surface area contributed by atoms with Gasteiger partial charge in [0.1, 0.15) is 17.3 Å². The van der Waals surface area contributed by atoms with Gasteiger partial charge in [-0.3, -0.25) is 4.79 Å². The summed E-state index contributed by atoms with van der Waals surface area (Å²) in [5, 5.41) is 17.2. The average Bonchev–Trinajstić information content (AvgIpc) is 2.76. The van der Waals surface area contributed by atoms with Crippen molar-refractivity contribution in [2.24, 2.45) is 0 Å². The Balaban J connectivity index is 1.70. The fourth-order valence-electron chi connectivity index (χ4n) is 2.66. The maximum Gasteiger partial charge on any atom is 0.417 e. The maximum atomic E-state index is 14.5. The summed E-state index contributed by atoms with van der Waals surface area (Å²) in [6, 6.07) is 6.87. The standard InChI is InChI=1S/C21H15ClF4N4O4/c1-27-19(31)18-10-13(6-7-30(18)33)34-12-3-5-17(16(23)9-12)29-20(32)28-11-2-4-15(22)14(8-11)21(24,25)26/h2-10H,1H3,(H,27,31)(H2,28,29,32)/i1+1D3. The van der Waals surface area contributed by atoms with Gasteiger partial charge in [-0.1, -0.05) is 11.6 Å². The molecule has 3 rings (SSSR count). The van der Waals surface area contributed by atoms with E-state index in [4.69, 9.17) is 20.5 Å². The van der Waals surface area contributed by atoms with E-state index in [2.05, 4.69) is 10.6 Å². The highest BCUT2D eigenvalue weighted by Crippen LogP contribution is 2.36. The van der Waals surface area contributed by atoms with Crippen molar-refractivity contribution in [3.8, 4) is 11.5 Å². The van der Waals surface area contributed by atoms with E-state index in [-0.39, 0.29) is 27.6 Å². The lowest BCUT2D eigenvalue weighted by Gasteiger charge is -2.13. The number of ether oxygens (including phenoxy) is 1. The minimum absolute atomic E-state index is 0.108. The second kappa shape index (κ2) is 9.83. The number of urea groups is 1. The van der Waals surface area contributed by atoms with Gasteiger partial charge in [0, 0.05) is 28.9 Å². The SMILES string of the molecule is [2H][13C]([2H])([2H])NC(=O)c1cc(Oc2ccc(NC(=O)Nc3ccc(Cl)c(C(F)(F)F)c3)c(F)c2)cc[n+]1[O-]. The van der Waals surface area contributed by atoms with Crippen LogP contribution in [0.2, 0.25) is 5.02 Å². The lowest BCUT2D eigenvalue weighted by atomic mass is 10.2. The van der Waals surface area contributed by atoms with Gasteiger partial charge >= 0.3 is 18.1 Å². The number of hydrogen-bond donors (Lipinski definition) is 3. The molecule has 0 aliphatic carbocycles. The highest BCUT2D eigenvalue weighted by molar-refractivity contribution is 6.31. The van der Waals surface area contributed by atoms with Gasteiger partial charge in [0.05, 0.1) is 22.3 Å². The zero-order valence-electron chi connectivity index (χ0n) is 19.7. The number of halogens is 5. The van der Waals surface area contributed by atoms with Crippen molar-refractivity contribution in [3.63, 3.8) is 0 Å². The fraction of sp³-hybridized carbons (Fsp3) is 0.0952. The van der Waals surface area contributed by atoms with E-state index in [0.29, 0.717) is 6.07 Å². The molecule has 3 N–H and O–H groups in total. The summed E-state index contributed by atoms with van der Waals surface area (Å²) in [6.45, 7) is -2.84. The third kappa shape index (κ3) is 5.84. The number of nitrogens with zero attached hydrogens (tertiary/aromatic N) is 1. The molecule has 13 heteroatoms. The van der Waals surface area contributed by atoms with Gasteiger partial charge in [-0.15, -0.1) is 0 Å². The van der Waals surface area contributed by atoms with Crippen LogP contribution in [0.5, 0.6) is 11.5 Å². The topological polar surface area (TPSA) is 106 Å². The molecular formula is C21H15ClF4N4O4. The third-order valence-corrected chi connectivity index (χ3v) is 4.52. The molecule has 0 aliphatic rings. The van der Waals surface area contributed by atoms with Crippen LogP contribution in [0.4, 0.5) is 33.7 Å². The summed E-state index contributed by atoms with van der Waals surface area (Å²) < 4.78 is 80.1. The molecule has 2 aromatic carbocycles. The third-order valence-electron chi connectivity index (χ3n) is 4.19. The first kappa shape index (κ1) is 20.5. The van der Waals surface area contributed by atoms with Crippen molar-refractivity contribution in [1.29, 1.82) is 0 Å². The van der Waals surface area contributed by atoms with Crippen molar-refractivity contribution < 1.29 is 40.7 Å². The molecule has 0 unspecified atom stereocenters. The number of carbonyl (C=O) groups is 2. The molecule has 178 valence electrons. The minimum atomic E-state index is -4.75. The lowest BCUT2D eigenvalue weighted by molar-refractivity contribution is -0.607. The number of alkyl halides is 3. The molecule has 34 heavy (non-hydrogen) atoms. The van der Waals surface area contributed by atoms with E-state index < -0.39 is 47.2 Å². The largest absolute Gasteiger partial charge is 0.618 e. The van der Waals surface area contributed by atoms with E-state index in [1.807, 2.05) is 0 Å². The number of amides is 3.